The average molecular weight is 486 g/mol. The van der Waals surface area contributed by atoms with Gasteiger partial charge in [0, 0.05) is 26.7 Å². The second-order valence-electron chi connectivity index (χ2n) is 7.83. The fourth-order valence-corrected chi connectivity index (χ4v) is 3.23. The molecule has 0 aliphatic heterocycles. The van der Waals surface area contributed by atoms with Crippen molar-refractivity contribution in [3.8, 4) is 0 Å². The highest BCUT2D eigenvalue weighted by molar-refractivity contribution is 14.0. The van der Waals surface area contributed by atoms with Crippen LogP contribution < -0.4 is 10.6 Å². The summed E-state index contributed by atoms with van der Waals surface area (Å²) < 4.78 is 0. The van der Waals surface area contributed by atoms with E-state index in [1.54, 1.807) is 19.0 Å². The van der Waals surface area contributed by atoms with Crippen molar-refractivity contribution in [1.29, 1.82) is 0 Å². The molecule has 6 heteroatoms. The number of nitrogens with zero attached hydrogens (tertiary/aromatic N) is 2. The van der Waals surface area contributed by atoms with Gasteiger partial charge < -0.3 is 15.5 Å². The molecule has 1 aliphatic carbocycles. The number of hydrogen-bond donors (Lipinski definition) is 2. The Morgan fingerprint density at radius 1 is 1.15 bits per heavy atom. The topological polar surface area (TPSA) is 56.7 Å². The molecule has 1 aromatic carbocycles. The number of aliphatic imine (C=N–C) groups is 1. The van der Waals surface area contributed by atoms with Crippen LogP contribution in [0.15, 0.2) is 35.3 Å². The molecule has 2 rings (SSSR count). The minimum Gasteiger partial charge on any atom is -0.356 e. The lowest BCUT2D eigenvalue weighted by Gasteiger charge is -2.30. The molecule has 2 N–H and O–H groups in total. The van der Waals surface area contributed by atoms with Gasteiger partial charge in [0.25, 0.3) is 0 Å². The van der Waals surface area contributed by atoms with Crippen molar-refractivity contribution in [1.82, 2.24) is 15.5 Å². The van der Waals surface area contributed by atoms with Gasteiger partial charge in [-0.15, -0.1) is 24.0 Å². The highest BCUT2D eigenvalue weighted by Gasteiger charge is 2.23. The summed E-state index contributed by atoms with van der Waals surface area (Å²) in [6.45, 7) is 5.36. The predicted octanol–water partition coefficient (Wildman–Crippen LogP) is 3.61. The SMILES string of the molecule is CC(C)CNC(=NCC(=O)N(C)C)NC1CCC(c2ccccc2)CC1.I. The van der Waals surface area contributed by atoms with Crippen LogP contribution in [0.2, 0.25) is 0 Å². The number of guanidine groups is 1. The van der Waals surface area contributed by atoms with Gasteiger partial charge in [0.2, 0.25) is 5.91 Å². The molecule has 1 fully saturated rings. The summed E-state index contributed by atoms with van der Waals surface area (Å²) in [5, 5.41) is 6.92. The maximum atomic E-state index is 11.8. The van der Waals surface area contributed by atoms with Gasteiger partial charge in [-0.1, -0.05) is 44.2 Å². The molecule has 0 heterocycles. The number of halogens is 1. The number of likely N-dealkylation sites (N-methyl/N-ethyl adjacent to an activating group) is 1. The van der Waals surface area contributed by atoms with E-state index in [2.05, 4.69) is 59.8 Å². The Bertz CT molecular complexity index is 581. The third-order valence-corrected chi connectivity index (χ3v) is 4.89. The van der Waals surface area contributed by atoms with Crippen molar-refractivity contribution >= 4 is 35.8 Å². The standard InChI is InChI=1S/C21H34N4O.HI/c1-16(2)14-22-21(23-15-20(26)25(3)4)24-19-12-10-18(11-13-19)17-8-6-5-7-9-17;/h5-9,16,18-19H,10-15H2,1-4H3,(H2,22,23,24);1H. The van der Waals surface area contributed by atoms with Crippen molar-refractivity contribution < 1.29 is 4.79 Å². The molecule has 0 radical (unpaired) electrons. The van der Waals surface area contributed by atoms with E-state index < -0.39 is 0 Å². The molecular weight excluding hydrogens is 451 g/mol. The minimum absolute atomic E-state index is 0. The normalized spacial score (nSPS) is 20.0. The number of benzene rings is 1. The Morgan fingerprint density at radius 2 is 1.78 bits per heavy atom. The van der Waals surface area contributed by atoms with E-state index in [9.17, 15) is 4.79 Å². The van der Waals surface area contributed by atoms with Crippen LogP contribution in [-0.2, 0) is 4.79 Å². The minimum atomic E-state index is 0. The molecule has 1 aromatic rings. The number of amides is 1. The van der Waals surface area contributed by atoms with Crippen molar-refractivity contribution in [2.75, 3.05) is 27.2 Å². The van der Waals surface area contributed by atoms with Crippen LogP contribution in [0.25, 0.3) is 0 Å². The third kappa shape index (κ3) is 8.49. The first kappa shape index (κ1) is 23.7. The molecular formula is C21H35IN4O. The Kier molecular flexibility index (Phi) is 10.7. The molecule has 5 nitrogen and oxygen atoms in total. The van der Waals surface area contributed by atoms with Crippen LogP contribution >= 0.6 is 24.0 Å². The summed E-state index contributed by atoms with van der Waals surface area (Å²) in [6.07, 6.45) is 4.64. The second-order valence-corrected chi connectivity index (χ2v) is 7.83. The highest BCUT2D eigenvalue weighted by Crippen LogP contribution is 2.32. The molecule has 0 aromatic heterocycles. The molecule has 0 spiro atoms. The maximum Gasteiger partial charge on any atom is 0.243 e. The van der Waals surface area contributed by atoms with E-state index >= 15 is 0 Å². The second kappa shape index (κ2) is 12.2. The van der Waals surface area contributed by atoms with Crippen molar-refractivity contribution in [2.24, 2.45) is 10.9 Å². The maximum absolute atomic E-state index is 11.8. The number of rotatable bonds is 6. The van der Waals surface area contributed by atoms with Gasteiger partial charge in [-0.2, -0.15) is 0 Å². The van der Waals surface area contributed by atoms with E-state index in [-0.39, 0.29) is 36.4 Å². The smallest absolute Gasteiger partial charge is 0.243 e. The summed E-state index contributed by atoms with van der Waals surface area (Å²) in [6, 6.07) is 11.2. The molecule has 152 valence electrons. The van der Waals surface area contributed by atoms with Crippen LogP contribution in [0.4, 0.5) is 0 Å². The van der Waals surface area contributed by atoms with Gasteiger partial charge in [-0.05, 0) is 43.1 Å². The van der Waals surface area contributed by atoms with E-state index in [4.69, 9.17) is 0 Å². The lowest BCUT2D eigenvalue weighted by atomic mass is 9.82. The number of carbonyl (C=O) groups is 1. The Morgan fingerprint density at radius 3 is 2.33 bits per heavy atom. The highest BCUT2D eigenvalue weighted by atomic mass is 127. The summed E-state index contributed by atoms with van der Waals surface area (Å²) in [5.74, 6) is 1.97. The first-order valence-corrected chi connectivity index (χ1v) is 9.75. The molecule has 0 atom stereocenters. The first-order valence-electron chi connectivity index (χ1n) is 9.75. The fourth-order valence-electron chi connectivity index (χ4n) is 3.23. The molecule has 1 saturated carbocycles. The lowest BCUT2D eigenvalue weighted by Crippen LogP contribution is -2.46. The summed E-state index contributed by atoms with van der Waals surface area (Å²) >= 11 is 0. The zero-order chi connectivity index (χ0) is 18.9. The van der Waals surface area contributed by atoms with Crippen molar-refractivity contribution in [2.45, 2.75) is 51.5 Å². The summed E-state index contributed by atoms with van der Waals surface area (Å²) in [7, 11) is 3.52. The van der Waals surface area contributed by atoms with Crippen LogP contribution in [0, 0.1) is 5.92 Å². The molecule has 0 saturated heterocycles. The monoisotopic (exact) mass is 486 g/mol. The molecule has 0 unspecified atom stereocenters. The van der Waals surface area contributed by atoms with E-state index in [0.29, 0.717) is 17.9 Å². The van der Waals surface area contributed by atoms with Crippen molar-refractivity contribution in [3.63, 3.8) is 0 Å². The van der Waals surface area contributed by atoms with E-state index in [0.717, 1.165) is 25.3 Å². The largest absolute Gasteiger partial charge is 0.356 e. The average Bonchev–Trinajstić information content (AvgIpc) is 2.64. The summed E-state index contributed by atoms with van der Waals surface area (Å²) in [5.41, 5.74) is 1.45. The lowest BCUT2D eigenvalue weighted by molar-refractivity contribution is -0.127. The van der Waals surface area contributed by atoms with Gasteiger partial charge in [-0.3, -0.25) is 4.79 Å². The predicted molar refractivity (Wildman–Crippen MR) is 124 cm³/mol. The van der Waals surface area contributed by atoms with Gasteiger partial charge in [-0.25, -0.2) is 4.99 Å². The van der Waals surface area contributed by atoms with Crippen LogP contribution in [0.1, 0.15) is 51.0 Å². The Hall–Kier alpha value is -1.31. The molecule has 0 bridgehead atoms. The Balaban J connectivity index is 0.00000364. The number of nitrogens with one attached hydrogen (secondary N) is 2. The molecule has 1 aliphatic rings. The number of hydrogen-bond acceptors (Lipinski definition) is 2. The zero-order valence-electron chi connectivity index (χ0n) is 17.1. The Labute approximate surface area is 181 Å². The van der Waals surface area contributed by atoms with Crippen LogP contribution in [0.5, 0.6) is 0 Å². The fraction of sp³-hybridized carbons (Fsp3) is 0.619. The van der Waals surface area contributed by atoms with Gasteiger partial charge in [0.1, 0.15) is 6.54 Å². The van der Waals surface area contributed by atoms with Gasteiger partial charge in [0.15, 0.2) is 5.96 Å². The first-order chi connectivity index (χ1) is 12.5. The van der Waals surface area contributed by atoms with Crippen LogP contribution in [-0.4, -0.2) is 50.0 Å². The molecule has 1 amide bonds. The molecule has 27 heavy (non-hydrogen) atoms. The van der Waals surface area contributed by atoms with E-state index in [1.807, 2.05) is 0 Å². The van der Waals surface area contributed by atoms with Crippen molar-refractivity contribution in [3.05, 3.63) is 35.9 Å². The third-order valence-electron chi connectivity index (χ3n) is 4.89. The zero-order valence-corrected chi connectivity index (χ0v) is 19.4. The van der Waals surface area contributed by atoms with Crippen LogP contribution in [0.3, 0.4) is 0 Å². The number of carbonyl (C=O) groups excluding carboxylic acids is 1. The van der Waals surface area contributed by atoms with Gasteiger partial charge in [0.05, 0.1) is 0 Å². The summed E-state index contributed by atoms with van der Waals surface area (Å²) in [4.78, 5) is 17.9. The van der Waals surface area contributed by atoms with Gasteiger partial charge >= 0.3 is 0 Å². The quantitative estimate of drug-likeness (QED) is 0.367. The van der Waals surface area contributed by atoms with E-state index in [1.165, 1.54) is 18.4 Å².